The van der Waals surface area contributed by atoms with Crippen LogP contribution < -0.4 is 15.1 Å². The van der Waals surface area contributed by atoms with Crippen molar-refractivity contribution in [2.24, 2.45) is 0 Å². The number of hydrogen-bond acceptors (Lipinski definition) is 7. The number of anilines is 3. The van der Waals surface area contributed by atoms with Crippen LogP contribution in [0, 0.1) is 0 Å². The Morgan fingerprint density at radius 2 is 1.86 bits per heavy atom. The van der Waals surface area contributed by atoms with E-state index in [1.165, 1.54) is 4.88 Å². The molecule has 8 heteroatoms. The number of thiophene rings is 1. The Labute approximate surface area is 133 Å². The van der Waals surface area contributed by atoms with Gasteiger partial charge in [0.05, 0.1) is 10.9 Å². The van der Waals surface area contributed by atoms with Crippen molar-refractivity contribution in [3.8, 4) is 0 Å². The lowest BCUT2D eigenvalue weighted by Gasteiger charge is -2.19. The van der Waals surface area contributed by atoms with Crippen LogP contribution in [0.5, 0.6) is 0 Å². The van der Waals surface area contributed by atoms with E-state index in [0.717, 1.165) is 10.9 Å². The normalized spacial score (nSPS) is 10.5. The molecule has 0 fully saturated rings. The van der Waals surface area contributed by atoms with E-state index in [9.17, 15) is 0 Å². The summed E-state index contributed by atoms with van der Waals surface area (Å²) in [6.07, 6.45) is 0. The molecule has 1 N–H and O–H groups in total. The van der Waals surface area contributed by atoms with Gasteiger partial charge in [0.2, 0.25) is 17.8 Å². The molecule has 0 aromatic carbocycles. The van der Waals surface area contributed by atoms with Gasteiger partial charge in [-0.1, -0.05) is 11.6 Å². The van der Waals surface area contributed by atoms with Crippen LogP contribution in [0.2, 0.25) is 4.34 Å². The van der Waals surface area contributed by atoms with E-state index in [4.69, 9.17) is 11.6 Å². The Hall–Kier alpha value is -1.60. The van der Waals surface area contributed by atoms with Crippen molar-refractivity contribution in [3.05, 3.63) is 21.3 Å². The van der Waals surface area contributed by atoms with Crippen molar-refractivity contribution in [2.45, 2.75) is 13.5 Å². The Morgan fingerprint density at radius 1 is 1.14 bits per heavy atom. The second-order valence-corrected chi connectivity index (χ2v) is 6.55. The lowest BCUT2D eigenvalue weighted by molar-refractivity contribution is 0.849. The van der Waals surface area contributed by atoms with Gasteiger partial charge in [0.25, 0.3) is 0 Å². The molecule has 0 aliphatic rings. The standard InChI is InChI=1S/C13H19ClN6S/c1-5-15-11-16-12(19(2)3)18-13(17-11)20(4)8-9-6-7-10(14)21-9/h6-7H,5,8H2,1-4H3,(H,15,16,17,18). The molecule has 2 aromatic rings. The van der Waals surface area contributed by atoms with Gasteiger partial charge in [-0.05, 0) is 19.1 Å². The molecule has 0 spiro atoms. The van der Waals surface area contributed by atoms with Gasteiger partial charge in [-0.3, -0.25) is 0 Å². The van der Waals surface area contributed by atoms with E-state index in [-0.39, 0.29) is 0 Å². The third-order valence-corrected chi connectivity index (χ3v) is 3.93. The molecule has 2 aromatic heterocycles. The molecular formula is C13H19ClN6S. The van der Waals surface area contributed by atoms with Crippen molar-refractivity contribution < 1.29 is 0 Å². The first-order valence-corrected chi connectivity index (χ1v) is 7.81. The van der Waals surface area contributed by atoms with Crippen molar-refractivity contribution in [3.63, 3.8) is 0 Å². The first kappa shape index (κ1) is 15.8. The smallest absolute Gasteiger partial charge is 0.232 e. The number of nitrogens with one attached hydrogen (secondary N) is 1. The third kappa shape index (κ3) is 4.18. The molecule has 0 radical (unpaired) electrons. The van der Waals surface area contributed by atoms with E-state index in [2.05, 4.69) is 20.3 Å². The Kier molecular flexibility index (Phi) is 5.19. The number of nitrogens with zero attached hydrogens (tertiary/aromatic N) is 5. The molecule has 2 heterocycles. The molecule has 21 heavy (non-hydrogen) atoms. The first-order chi connectivity index (χ1) is 9.99. The van der Waals surface area contributed by atoms with Gasteiger partial charge in [0.1, 0.15) is 0 Å². The molecular weight excluding hydrogens is 308 g/mol. The van der Waals surface area contributed by atoms with Crippen LogP contribution in [0.3, 0.4) is 0 Å². The molecule has 0 atom stereocenters. The SMILES string of the molecule is CCNc1nc(N(C)C)nc(N(C)Cc2ccc(Cl)s2)n1. The lowest BCUT2D eigenvalue weighted by Crippen LogP contribution is -2.22. The van der Waals surface area contributed by atoms with Crippen LogP contribution in [0.25, 0.3) is 0 Å². The second kappa shape index (κ2) is 6.91. The van der Waals surface area contributed by atoms with Crippen LogP contribution in [0.4, 0.5) is 17.8 Å². The summed E-state index contributed by atoms with van der Waals surface area (Å²) >= 11 is 7.53. The highest BCUT2D eigenvalue weighted by molar-refractivity contribution is 7.16. The Balaban J connectivity index is 2.24. The van der Waals surface area contributed by atoms with Gasteiger partial charge in [0, 0.05) is 32.6 Å². The van der Waals surface area contributed by atoms with Gasteiger partial charge >= 0.3 is 0 Å². The fourth-order valence-corrected chi connectivity index (χ4v) is 2.84. The maximum atomic E-state index is 5.97. The van der Waals surface area contributed by atoms with Crippen LogP contribution in [-0.2, 0) is 6.54 Å². The molecule has 0 amide bonds. The van der Waals surface area contributed by atoms with Crippen LogP contribution >= 0.6 is 22.9 Å². The first-order valence-electron chi connectivity index (χ1n) is 6.62. The summed E-state index contributed by atoms with van der Waals surface area (Å²) in [5, 5.41) is 3.13. The van der Waals surface area contributed by atoms with E-state index >= 15 is 0 Å². The van der Waals surface area contributed by atoms with Crippen molar-refractivity contribution >= 4 is 40.8 Å². The largest absolute Gasteiger partial charge is 0.354 e. The van der Waals surface area contributed by atoms with Gasteiger partial charge in [-0.25, -0.2) is 0 Å². The van der Waals surface area contributed by atoms with Gasteiger partial charge in [-0.2, -0.15) is 15.0 Å². The zero-order valence-electron chi connectivity index (χ0n) is 12.6. The van der Waals surface area contributed by atoms with E-state index in [0.29, 0.717) is 24.4 Å². The highest BCUT2D eigenvalue weighted by Crippen LogP contribution is 2.24. The quantitative estimate of drug-likeness (QED) is 0.881. The van der Waals surface area contributed by atoms with Crippen LogP contribution in [-0.4, -0.2) is 42.6 Å². The lowest BCUT2D eigenvalue weighted by atomic mass is 10.4. The maximum absolute atomic E-state index is 5.97. The number of hydrogen-bond donors (Lipinski definition) is 1. The summed E-state index contributed by atoms with van der Waals surface area (Å²) in [5.74, 6) is 1.85. The summed E-state index contributed by atoms with van der Waals surface area (Å²) in [6.45, 7) is 3.48. The van der Waals surface area contributed by atoms with Crippen molar-refractivity contribution in [1.29, 1.82) is 0 Å². The summed E-state index contributed by atoms with van der Waals surface area (Å²) in [5.41, 5.74) is 0. The molecule has 0 bridgehead atoms. The summed E-state index contributed by atoms with van der Waals surface area (Å²) in [4.78, 5) is 18.3. The molecule has 0 aliphatic heterocycles. The minimum absolute atomic E-state index is 0.585. The number of rotatable bonds is 6. The molecule has 0 aliphatic carbocycles. The van der Waals surface area contributed by atoms with Crippen LogP contribution in [0.1, 0.15) is 11.8 Å². The average Bonchev–Trinajstić information content (AvgIpc) is 2.84. The molecule has 114 valence electrons. The fourth-order valence-electron chi connectivity index (χ4n) is 1.70. The molecule has 6 nitrogen and oxygen atoms in total. The van der Waals surface area contributed by atoms with Gasteiger partial charge in [0.15, 0.2) is 0 Å². The Morgan fingerprint density at radius 3 is 2.43 bits per heavy atom. The zero-order chi connectivity index (χ0) is 15.4. The Bertz CT molecular complexity index is 600. The van der Waals surface area contributed by atoms with E-state index < -0.39 is 0 Å². The monoisotopic (exact) mass is 326 g/mol. The summed E-state index contributed by atoms with van der Waals surface area (Å²) < 4.78 is 0.788. The summed E-state index contributed by atoms with van der Waals surface area (Å²) in [6, 6.07) is 3.92. The number of halogens is 1. The highest BCUT2D eigenvalue weighted by Gasteiger charge is 2.12. The molecule has 0 saturated carbocycles. The predicted molar refractivity (Wildman–Crippen MR) is 89.8 cm³/mol. The van der Waals surface area contributed by atoms with Crippen LogP contribution in [0.15, 0.2) is 12.1 Å². The fraction of sp³-hybridized carbons (Fsp3) is 0.462. The zero-order valence-corrected chi connectivity index (χ0v) is 14.2. The third-order valence-electron chi connectivity index (χ3n) is 2.71. The van der Waals surface area contributed by atoms with E-state index in [1.807, 2.05) is 50.0 Å². The van der Waals surface area contributed by atoms with Gasteiger partial charge < -0.3 is 15.1 Å². The van der Waals surface area contributed by atoms with Crippen molar-refractivity contribution in [2.75, 3.05) is 42.8 Å². The minimum atomic E-state index is 0.585. The maximum Gasteiger partial charge on any atom is 0.232 e. The topological polar surface area (TPSA) is 57.2 Å². The molecule has 2 rings (SSSR count). The average molecular weight is 327 g/mol. The minimum Gasteiger partial charge on any atom is -0.354 e. The second-order valence-electron chi connectivity index (χ2n) is 4.75. The predicted octanol–water partition coefficient (Wildman–Crippen LogP) is 2.72. The molecule has 0 unspecified atom stereocenters. The highest BCUT2D eigenvalue weighted by atomic mass is 35.5. The van der Waals surface area contributed by atoms with Crippen molar-refractivity contribution in [1.82, 2.24) is 15.0 Å². The summed E-state index contributed by atoms with van der Waals surface area (Å²) in [7, 11) is 5.78. The van der Waals surface area contributed by atoms with Gasteiger partial charge in [-0.15, -0.1) is 11.3 Å². The molecule has 0 saturated heterocycles. The van der Waals surface area contributed by atoms with E-state index in [1.54, 1.807) is 11.3 Å². The number of aromatic nitrogens is 3.